The summed E-state index contributed by atoms with van der Waals surface area (Å²) in [5.74, 6) is -0.0936. The first-order valence-electron chi connectivity index (χ1n) is 6.67. The van der Waals surface area contributed by atoms with E-state index in [-0.39, 0.29) is 5.97 Å². The van der Waals surface area contributed by atoms with Crippen molar-refractivity contribution in [1.82, 2.24) is 5.32 Å². The van der Waals surface area contributed by atoms with Crippen LogP contribution in [0.2, 0.25) is 0 Å². The van der Waals surface area contributed by atoms with Gasteiger partial charge in [-0.1, -0.05) is 20.3 Å². The fraction of sp³-hybridized carbons (Fsp3) is 0.929. The fourth-order valence-electron chi connectivity index (χ4n) is 2.83. The van der Waals surface area contributed by atoms with Crippen LogP contribution in [0.4, 0.5) is 0 Å². The molecule has 1 fully saturated rings. The monoisotopic (exact) mass is 241 g/mol. The fourth-order valence-corrected chi connectivity index (χ4v) is 2.83. The highest BCUT2D eigenvalue weighted by Gasteiger charge is 2.42. The van der Waals surface area contributed by atoms with Crippen LogP contribution in [0.5, 0.6) is 0 Å². The van der Waals surface area contributed by atoms with Gasteiger partial charge in [0.05, 0.1) is 7.11 Å². The average molecular weight is 241 g/mol. The molecular formula is C14H27NO2. The molecule has 3 heteroatoms. The molecule has 0 spiro atoms. The third-order valence-corrected chi connectivity index (χ3v) is 3.83. The van der Waals surface area contributed by atoms with Crippen LogP contribution in [0.25, 0.3) is 0 Å². The summed E-state index contributed by atoms with van der Waals surface area (Å²) in [6, 6.07) is 0.301. The van der Waals surface area contributed by atoms with E-state index in [1.54, 1.807) is 0 Å². The number of methoxy groups -OCH3 is 1. The molecule has 0 aromatic heterocycles. The lowest BCUT2D eigenvalue weighted by molar-refractivity contribution is -0.149. The second kappa shape index (κ2) is 5.38. The predicted octanol–water partition coefficient (Wildman–Crippen LogP) is 2.89. The maximum absolute atomic E-state index is 12.1. The summed E-state index contributed by atoms with van der Waals surface area (Å²) in [6.45, 7) is 8.74. The molecule has 1 unspecified atom stereocenters. The van der Waals surface area contributed by atoms with Crippen molar-refractivity contribution < 1.29 is 9.53 Å². The molecule has 1 aliphatic rings. The summed E-state index contributed by atoms with van der Waals surface area (Å²) < 4.78 is 5.02. The third kappa shape index (κ3) is 3.70. The van der Waals surface area contributed by atoms with Gasteiger partial charge in [-0.15, -0.1) is 0 Å². The average Bonchev–Trinajstić information content (AvgIpc) is 2.37. The van der Waals surface area contributed by atoms with Crippen molar-refractivity contribution in [3.8, 4) is 0 Å². The molecule has 0 aromatic rings. The Kier molecular flexibility index (Phi) is 4.59. The highest BCUT2D eigenvalue weighted by Crippen LogP contribution is 2.38. The molecule has 0 bridgehead atoms. The molecule has 0 amide bonds. The first-order valence-corrected chi connectivity index (χ1v) is 6.67. The van der Waals surface area contributed by atoms with E-state index in [1.807, 2.05) is 0 Å². The van der Waals surface area contributed by atoms with E-state index in [0.29, 0.717) is 11.5 Å². The lowest BCUT2D eigenvalue weighted by Gasteiger charge is -2.33. The standard InChI is InChI=1S/C14H27NO2/c1-11(2)15-14(12(16)17-5)8-6-7-13(3,4)9-10-14/h11,15H,6-10H2,1-5H3. The Bertz CT molecular complexity index is 273. The molecule has 1 saturated carbocycles. The third-order valence-electron chi connectivity index (χ3n) is 3.83. The molecule has 0 saturated heterocycles. The normalized spacial score (nSPS) is 28.8. The molecule has 0 heterocycles. The van der Waals surface area contributed by atoms with Crippen LogP contribution in [-0.2, 0) is 9.53 Å². The second-order valence-corrected chi connectivity index (χ2v) is 6.39. The molecule has 1 rings (SSSR count). The molecule has 0 aromatic carbocycles. The minimum atomic E-state index is -0.462. The van der Waals surface area contributed by atoms with Gasteiger partial charge in [-0.05, 0) is 44.9 Å². The van der Waals surface area contributed by atoms with Gasteiger partial charge in [0.1, 0.15) is 5.54 Å². The Morgan fingerprint density at radius 3 is 2.35 bits per heavy atom. The van der Waals surface area contributed by atoms with Gasteiger partial charge in [0, 0.05) is 6.04 Å². The SMILES string of the molecule is COC(=O)C1(NC(C)C)CCCC(C)(C)CC1. The molecule has 0 aliphatic heterocycles. The zero-order valence-corrected chi connectivity index (χ0v) is 11.9. The van der Waals surface area contributed by atoms with Gasteiger partial charge in [0.2, 0.25) is 0 Å². The number of rotatable bonds is 3. The number of carbonyl (C=O) groups is 1. The molecule has 1 N–H and O–H groups in total. The van der Waals surface area contributed by atoms with E-state index in [0.717, 1.165) is 25.7 Å². The molecule has 1 aliphatic carbocycles. The number of carbonyl (C=O) groups excluding carboxylic acids is 1. The Hall–Kier alpha value is -0.570. The lowest BCUT2D eigenvalue weighted by Crippen LogP contribution is -2.55. The lowest BCUT2D eigenvalue weighted by atomic mass is 9.83. The summed E-state index contributed by atoms with van der Waals surface area (Å²) in [5, 5.41) is 3.45. The number of esters is 1. The maximum atomic E-state index is 12.1. The topological polar surface area (TPSA) is 38.3 Å². The Balaban J connectivity index is 2.87. The summed E-state index contributed by atoms with van der Waals surface area (Å²) in [7, 11) is 1.49. The quantitative estimate of drug-likeness (QED) is 0.610. The predicted molar refractivity (Wildman–Crippen MR) is 69.9 cm³/mol. The van der Waals surface area contributed by atoms with Crippen molar-refractivity contribution in [3.05, 3.63) is 0 Å². The van der Waals surface area contributed by atoms with Crippen molar-refractivity contribution in [2.45, 2.75) is 71.4 Å². The molecule has 0 radical (unpaired) electrons. The van der Waals surface area contributed by atoms with Gasteiger partial charge in [-0.2, -0.15) is 0 Å². The summed E-state index contributed by atoms with van der Waals surface area (Å²) in [5.41, 5.74) is -0.120. The largest absolute Gasteiger partial charge is 0.468 e. The second-order valence-electron chi connectivity index (χ2n) is 6.39. The molecule has 1 atom stereocenters. The van der Waals surface area contributed by atoms with E-state index in [1.165, 1.54) is 13.5 Å². The minimum Gasteiger partial charge on any atom is -0.468 e. The minimum absolute atomic E-state index is 0.0936. The van der Waals surface area contributed by atoms with Gasteiger partial charge < -0.3 is 4.74 Å². The summed E-state index contributed by atoms with van der Waals surface area (Å²) >= 11 is 0. The van der Waals surface area contributed by atoms with Crippen LogP contribution in [0.3, 0.4) is 0 Å². The zero-order chi connectivity index (χ0) is 13.1. The van der Waals surface area contributed by atoms with Crippen molar-refractivity contribution in [3.63, 3.8) is 0 Å². The van der Waals surface area contributed by atoms with Crippen LogP contribution < -0.4 is 5.32 Å². The van der Waals surface area contributed by atoms with Gasteiger partial charge in [-0.25, -0.2) is 0 Å². The van der Waals surface area contributed by atoms with E-state index in [2.05, 4.69) is 33.0 Å². The Labute approximate surface area is 105 Å². The number of hydrogen-bond donors (Lipinski definition) is 1. The summed E-state index contributed by atoms with van der Waals surface area (Å²) in [4.78, 5) is 12.1. The van der Waals surface area contributed by atoms with Crippen LogP contribution in [0.15, 0.2) is 0 Å². The smallest absolute Gasteiger partial charge is 0.326 e. The highest BCUT2D eigenvalue weighted by atomic mass is 16.5. The van der Waals surface area contributed by atoms with Crippen molar-refractivity contribution in [2.75, 3.05) is 7.11 Å². The van der Waals surface area contributed by atoms with Crippen LogP contribution in [0, 0.1) is 5.41 Å². The maximum Gasteiger partial charge on any atom is 0.326 e. The molecule has 100 valence electrons. The van der Waals surface area contributed by atoms with Gasteiger partial charge in [-0.3, -0.25) is 10.1 Å². The Morgan fingerprint density at radius 2 is 1.82 bits per heavy atom. The van der Waals surface area contributed by atoms with Crippen LogP contribution >= 0.6 is 0 Å². The molecule has 17 heavy (non-hydrogen) atoms. The van der Waals surface area contributed by atoms with Crippen LogP contribution in [-0.4, -0.2) is 24.7 Å². The number of nitrogens with one attached hydrogen (secondary N) is 1. The van der Waals surface area contributed by atoms with E-state index >= 15 is 0 Å². The highest BCUT2D eigenvalue weighted by molar-refractivity contribution is 5.80. The molecule has 3 nitrogen and oxygen atoms in total. The van der Waals surface area contributed by atoms with E-state index in [9.17, 15) is 4.79 Å². The first kappa shape index (κ1) is 14.5. The van der Waals surface area contributed by atoms with E-state index in [4.69, 9.17) is 4.74 Å². The number of ether oxygens (including phenoxy) is 1. The first-order chi connectivity index (χ1) is 7.81. The van der Waals surface area contributed by atoms with Crippen molar-refractivity contribution in [2.24, 2.45) is 5.41 Å². The van der Waals surface area contributed by atoms with Crippen molar-refractivity contribution in [1.29, 1.82) is 0 Å². The van der Waals surface area contributed by atoms with Gasteiger partial charge in [0.15, 0.2) is 0 Å². The van der Waals surface area contributed by atoms with Gasteiger partial charge >= 0.3 is 5.97 Å². The number of hydrogen-bond acceptors (Lipinski definition) is 3. The summed E-state index contributed by atoms with van der Waals surface area (Å²) in [6.07, 6.45) is 5.11. The van der Waals surface area contributed by atoms with Crippen molar-refractivity contribution >= 4 is 5.97 Å². The zero-order valence-electron chi connectivity index (χ0n) is 11.9. The van der Waals surface area contributed by atoms with E-state index < -0.39 is 5.54 Å². The molecular weight excluding hydrogens is 214 g/mol. The Morgan fingerprint density at radius 1 is 1.18 bits per heavy atom. The van der Waals surface area contributed by atoms with Crippen LogP contribution in [0.1, 0.15) is 59.8 Å². The van der Waals surface area contributed by atoms with Gasteiger partial charge in [0.25, 0.3) is 0 Å².